The maximum atomic E-state index is 6.43. The van der Waals surface area contributed by atoms with E-state index in [1.165, 1.54) is 38.6 Å². The number of imidazole rings is 2. The number of fused-ring (bicyclic) bond motifs is 7. The molecule has 0 spiro atoms. The number of nitrogens with zero attached hydrogens (tertiary/aromatic N) is 4. The van der Waals surface area contributed by atoms with E-state index in [1.807, 2.05) is 42.5 Å². The first kappa shape index (κ1) is 30.4. The van der Waals surface area contributed by atoms with Crippen LogP contribution in [-0.2, 0) is 12.8 Å². The van der Waals surface area contributed by atoms with E-state index in [1.54, 1.807) is 0 Å². The molecule has 2 aromatic heterocycles. The molecule has 0 fully saturated rings. The number of benzene rings is 7. The van der Waals surface area contributed by atoms with Crippen molar-refractivity contribution in [3.05, 3.63) is 144 Å². The number of ether oxygens (including phenoxy) is 2. The molecular formula is C46H31BrN4O2. The summed E-state index contributed by atoms with van der Waals surface area (Å²) in [5, 5.41) is 2.62. The molecule has 1 aliphatic carbocycles. The molecule has 0 amide bonds. The molecule has 254 valence electrons. The molecule has 12 rings (SSSR count). The van der Waals surface area contributed by atoms with Crippen molar-refractivity contribution in [3.63, 3.8) is 0 Å². The highest BCUT2D eigenvalue weighted by Crippen LogP contribution is 2.50. The molecule has 0 bridgehead atoms. The Balaban J connectivity index is 0.000000147. The van der Waals surface area contributed by atoms with E-state index >= 15 is 0 Å². The van der Waals surface area contributed by atoms with Crippen molar-refractivity contribution in [3.8, 4) is 67.8 Å². The molecule has 0 saturated heterocycles. The number of aryl methyl sites for hydroxylation is 2. The van der Waals surface area contributed by atoms with Crippen LogP contribution in [0, 0.1) is 0 Å². The molecule has 9 aromatic rings. The Morgan fingerprint density at radius 2 is 1.06 bits per heavy atom. The van der Waals surface area contributed by atoms with Crippen molar-refractivity contribution in [1.82, 2.24) is 19.1 Å². The van der Waals surface area contributed by atoms with E-state index in [0.717, 1.165) is 91.0 Å². The maximum Gasteiger partial charge on any atom is 0.153 e. The second-order valence-electron chi connectivity index (χ2n) is 13.6. The second-order valence-corrected chi connectivity index (χ2v) is 14.5. The van der Waals surface area contributed by atoms with Crippen LogP contribution in [-0.4, -0.2) is 19.1 Å². The molecule has 0 atom stereocenters. The second kappa shape index (κ2) is 11.4. The average molecular weight is 752 g/mol. The third kappa shape index (κ3) is 4.37. The Hall–Kier alpha value is -6.18. The van der Waals surface area contributed by atoms with Crippen LogP contribution in [0.2, 0.25) is 0 Å². The highest BCUT2D eigenvalue weighted by atomic mass is 79.9. The Morgan fingerprint density at radius 3 is 1.70 bits per heavy atom. The van der Waals surface area contributed by atoms with E-state index in [-0.39, 0.29) is 0 Å². The van der Waals surface area contributed by atoms with Crippen molar-refractivity contribution in [2.75, 3.05) is 0 Å². The zero-order valence-electron chi connectivity index (χ0n) is 29.0. The molecule has 0 N–H and O–H groups in total. The van der Waals surface area contributed by atoms with E-state index in [9.17, 15) is 0 Å². The fourth-order valence-electron chi connectivity index (χ4n) is 8.45. The van der Waals surface area contributed by atoms with Crippen LogP contribution in [0.25, 0.3) is 77.6 Å². The van der Waals surface area contributed by atoms with E-state index in [2.05, 4.69) is 124 Å². The average Bonchev–Trinajstić information content (AvgIpc) is 3.88. The van der Waals surface area contributed by atoms with Gasteiger partial charge < -0.3 is 9.47 Å². The Labute approximate surface area is 314 Å². The molecule has 0 radical (unpaired) electrons. The van der Waals surface area contributed by atoms with Crippen molar-refractivity contribution in [2.45, 2.75) is 26.7 Å². The standard InChI is InChI=1S/C31H20N2O.C15H11BrN2O/c1-2-29-32-25-11-6-12-27-31(25)33(29)26-16-13-18(17-28(26)34-27)19-14-15-24-21-8-4-3-7-20(21)23-10-5-9-22(19)30(23)24;1-2-14-17-10-4-3-5-12-15(10)18(14)11-7-6-9(16)8-13(11)19-12/h3-17H,2H2,1H3;3-8H,2H2,1H3. The largest absolute Gasteiger partial charge is 0.453 e. The molecule has 3 aliphatic rings. The lowest BCUT2D eigenvalue weighted by molar-refractivity contribution is 0.474. The van der Waals surface area contributed by atoms with Gasteiger partial charge in [0, 0.05) is 17.3 Å². The Bertz CT molecular complexity index is 2980. The van der Waals surface area contributed by atoms with Gasteiger partial charge in [0.1, 0.15) is 22.7 Å². The van der Waals surface area contributed by atoms with Gasteiger partial charge in [0.2, 0.25) is 0 Å². The van der Waals surface area contributed by atoms with Crippen molar-refractivity contribution in [2.24, 2.45) is 0 Å². The number of hydrogen-bond donors (Lipinski definition) is 0. The van der Waals surface area contributed by atoms with Crippen LogP contribution < -0.4 is 9.47 Å². The van der Waals surface area contributed by atoms with Crippen molar-refractivity contribution < 1.29 is 9.47 Å². The Morgan fingerprint density at radius 1 is 0.509 bits per heavy atom. The first-order valence-electron chi connectivity index (χ1n) is 18.1. The molecule has 7 heteroatoms. The minimum absolute atomic E-state index is 0.863. The van der Waals surface area contributed by atoms with Crippen molar-refractivity contribution in [1.29, 1.82) is 0 Å². The molecule has 4 heterocycles. The topological polar surface area (TPSA) is 54.1 Å². The fourth-order valence-corrected chi connectivity index (χ4v) is 8.79. The predicted molar refractivity (Wildman–Crippen MR) is 216 cm³/mol. The third-order valence-corrected chi connectivity index (χ3v) is 11.2. The number of rotatable bonds is 3. The molecule has 6 nitrogen and oxygen atoms in total. The minimum Gasteiger partial charge on any atom is -0.453 e. The molecule has 2 aliphatic heterocycles. The SMILES string of the molecule is CCc1nc2cccc3c2n1-c1ccc(-c2ccc4c5c(cccc25)-c2ccccc2-4)cc1O3.CCc1nc2cccc3c2n1-c1ccc(Br)cc1O3. The summed E-state index contributed by atoms with van der Waals surface area (Å²) in [7, 11) is 0. The van der Waals surface area contributed by atoms with Crippen LogP contribution >= 0.6 is 15.9 Å². The fraction of sp³-hybridized carbons (Fsp3) is 0.0870. The monoisotopic (exact) mass is 750 g/mol. The van der Waals surface area contributed by atoms with Gasteiger partial charge in [0.15, 0.2) is 23.0 Å². The lowest BCUT2D eigenvalue weighted by Crippen LogP contribution is -2.07. The van der Waals surface area contributed by atoms with Crippen LogP contribution in [0.1, 0.15) is 25.5 Å². The zero-order chi connectivity index (χ0) is 35.4. The first-order valence-corrected chi connectivity index (χ1v) is 18.9. The van der Waals surface area contributed by atoms with Gasteiger partial charge in [0.25, 0.3) is 0 Å². The van der Waals surface area contributed by atoms with Gasteiger partial charge >= 0.3 is 0 Å². The normalized spacial score (nSPS) is 12.5. The van der Waals surface area contributed by atoms with Gasteiger partial charge in [-0.1, -0.05) is 103 Å². The lowest BCUT2D eigenvalue weighted by atomic mass is 9.94. The highest BCUT2D eigenvalue weighted by molar-refractivity contribution is 9.10. The highest BCUT2D eigenvalue weighted by Gasteiger charge is 2.27. The summed E-state index contributed by atoms with van der Waals surface area (Å²) >= 11 is 3.49. The van der Waals surface area contributed by atoms with Crippen LogP contribution in [0.5, 0.6) is 23.0 Å². The van der Waals surface area contributed by atoms with Gasteiger partial charge in [0.05, 0.1) is 22.4 Å². The third-order valence-electron chi connectivity index (χ3n) is 10.7. The lowest BCUT2D eigenvalue weighted by Gasteiger charge is -2.22. The Kier molecular flexibility index (Phi) is 6.55. The number of aromatic nitrogens is 4. The van der Waals surface area contributed by atoms with Gasteiger partial charge in [-0.05, 0) is 98.8 Å². The summed E-state index contributed by atoms with van der Waals surface area (Å²) < 4.78 is 17.9. The predicted octanol–water partition coefficient (Wildman–Crippen LogP) is 12.6. The number of para-hydroxylation sites is 2. The van der Waals surface area contributed by atoms with Crippen LogP contribution in [0.15, 0.2) is 132 Å². The summed E-state index contributed by atoms with van der Waals surface area (Å²) in [6.45, 7) is 4.27. The summed E-state index contributed by atoms with van der Waals surface area (Å²) in [6, 6.07) is 44.7. The summed E-state index contributed by atoms with van der Waals surface area (Å²) in [5.41, 5.74) is 13.9. The summed E-state index contributed by atoms with van der Waals surface area (Å²) in [6.07, 6.45) is 1.76. The molecule has 7 aromatic carbocycles. The zero-order valence-corrected chi connectivity index (χ0v) is 30.6. The summed E-state index contributed by atoms with van der Waals surface area (Å²) in [5.74, 6) is 5.59. The number of halogens is 1. The van der Waals surface area contributed by atoms with Crippen LogP contribution in [0.3, 0.4) is 0 Å². The molecular weight excluding hydrogens is 720 g/mol. The van der Waals surface area contributed by atoms with E-state index in [4.69, 9.17) is 19.4 Å². The van der Waals surface area contributed by atoms with Gasteiger partial charge in [-0.15, -0.1) is 0 Å². The quantitative estimate of drug-likeness (QED) is 0.180. The van der Waals surface area contributed by atoms with Crippen molar-refractivity contribution >= 4 is 48.8 Å². The number of hydrogen-bond acceptors (Lipinski definition) is 4. The van der Waals surface area contributed by atoms with Gasteiger partial charge in [-0.2, -0.15) is 0 Å². The maximum absolute atomic E-state index is 6.43. The minimum atomic E-state index is 0.863. The molecule has 0 unspecified atom stereocenters. The smallest absolute Gasteiger partial charge is 0.153 e. The van der Waals surface area contributed by atoms with E-state index in [0.29, 0.717) is 0 Å². The van der Waals surface area contributed by atoms with E-state index < -0.39 is 0 Å². The van der Waals surface area contributed by atoms with Gasteiger partial charge in [-0.3, -0.25) is 9.13 Å². The summed E-state index contributed by atoms with van der Waals surface area (Å²) in [4.78, 5) is 9.55. The first-order chi connectivity index (χ1) is 26.1. The molecule has 53 heavy (non-hydrogen) atoms. The molecule has 0 saturated carbocycles. The van der Waals surface area contributed by atoms with Crippen LogP contribution in [0.4, 0.5) is 0 Å². The van der Waals surface area contributed by atoms with Gasteiger partial charge in [-0.25, -0.2) is 9.97 Å².